The maximum Gasteiger partial charge on any atom is 0.251 e. The van der Waals surface area contributed by atoms with E-state index in [9.17, 15) is 4.79 Å². The zero-order valence-corrected chi connectivity index (χ0v) is 12.8. The third kappa shape index (κ3) is 3.57. The van der Waals surface area contributed by atoms with E-state index in [1.165, 1.54) is 4.88 Å². The third-order valence-corrected chi connectivity index (χ3v) is 3.94. The van der Waals surface area contributed by atoms with Crippen LogP contribution in [0.15, 0.2) is 24.3 Å². The number of rotatable bonds is 4. The molecule has 0 atom stereocenters. The lowest BCUT2D eigenvalue weighted by Crippen LogP contribution is -2.23. The molecule has 2 aromatic heterocycles. The van der Waals surface area contributed by atoms with Crippen molar-refractivity contribution in [3.05, 3.63) is 45.3 Å². The highest BCUT2D eigenvalue weighted by Gasteiger charge is 2.11. The molecule has 0 spiro atoms. The number of nitrogens with one attached hydrogen (secondary N) is 1. The maximum absolute atomic E-state index is 12.2. The van der Waals surface area contributed by atoms with E-state index in [2.05, 4.69) is 17.2 Å². The number of nitrogen functional groups attached to an aromatic ring is 1. The van der Waals surface area contributed by atoms with Crippen LogP contribution in [0.4, 0.5) is 5.82 Å². The van der Waals surface area contributed by atoms with Crippen LogP contribution in [-0.2, 0) is 6.54 Å². The SMILES string of the molecule is Cc1ccc(CNC(=O)c2cc(N)nc(C(C)C)c2)s1. The van der Waals surface area contributed by atoms with E-state index in [0.717, 1.165) is 10.6 Å². The first-order chi connectivity index (χ1) is 9.45. The van der Waals surface area contributed by atoms with Crippen molar-refractivity contribution in [2.75, 3.05) is 5.73 Å². The van der Waals surface area contributed by atoms with Gasteiger partial charge in [0.05, 0.1) is 6.54 Å². The number of thiophene rings is 1. The Morgan fingerprint density at radius 2 is 2.15 bits per heavy atom. The fraction of sp³-hybridized carbons (Fsp3) is 0.333. The normalized spacial score (nSPS) is 10.8. The Hall–Kier alpha value is -1.88. The highest BCUT2D eigenvalue weighted by atomic mass is 32.1. The molecule has 0 aliphatic heterocycles. The molecule has 0 fully saturated rings. The molecule has 0 bridgehead atoms. The van der Waals surface area contributed by atoms with E-state index in [-0.39, 0.29) is 11.8 Å². The molecule has 5 heteroatoms. The van der Waals surface area contributed by atoms with Gasteiger partial charge in [0.15, 0.2) is 0 Å². The molecule has 0 unspecified atom stereocenters. The molecule has 0 aliphatic rings. The van der Waals surface area contributed by atoms with Crippen molar-refractivity contribution >= 4 is 23.1 Å². The number of pyridine rings is 1. The first-order valence-electron chi connectivity index (χ1n) is 6.56. The number of carbonyl (C=O) groups is 1. The molecule has 0 saturated heterocycles. The van der Waals surface area contributed by atoms with Crippen molar-refractivity contribution in [1.29, 1.82) is 0 Å². The minimum absolute atomic E-state index is 0.118. The molecule has 2 rings (SSSR count). The molecule has 106 valence electrons. The predicted octanol–water partition coefficient (Wildman–Crippen LogP) is 3.09. The molecule has 0 aliphatic carbocycles. The fourth-order valence-corrected chi connectivity index (χ4v) is 2.68. The lowest BCUT2D eigenvalue weighted by Gasteiger charge is -2.09. The highest BCUT2D eigenvalue weighted by Crippen LogP contribution is 2.17. The maximum atomic E-state index is 12.2. The molecular formula is C15H19N3OS. The summed E-state index contributed by atoms with van der Waals surface area (Å²) < 4.78 is 0. The van der Waals surface area contributed by atoms with Gasteiger partial charge in [-0.25, -0.2) is 4.98 Å². The van der Waals surface area contributed by atoms with Gasteiger partial charge < -0.3 is 11.1 Å². The number of amides is 1. The van der Waals surface area contributed by atoms with Crippen LogP contribution in [0, 0.1) is 6.92 Å². The number of carbonyl (C=O) groups excluding carboxylic acids is 1. The second-order valence-electron chi connectivity index (χ2n) is 5.06. The molecule has 0 saturated carbocycles. The summed E-state index contributed by atoms with van der Waals surface area (Å²) in [5.74, 6) is 0.505. The number of hydrogen-bond donors (Lipinski definition) is 2. The Labute approximate surface area is 123 Å². The number of anilines is 1. The van der Waals surface area contributed by atoms with Crippen LogP contribution in [-0.4, -0.2) is 10.9 Å². The molecule has 2 heterocycles. The van der Waals surface area contributed by atoms with Gasteiger partial charge in [-0.3, -0.25) is 4.79 Å². The zero-order chi connectivity index (χ0) is 14.7. The third-order valence-electron chi connectivity index (χ3n) is 2.94. The molecule has 20 heavy (non-hydrogen) atoms. The van der Waals surface area contributed by atoms with Crippen molar-refractivity contribution in [3.63, 3.8) is 0 Å². The molecule has 3 N–H and O–H groups in total. The van der Waals surface area contributed by atoms with Crippen LogP contribution in [0.3, 0.4) is 0 Å². The van der Waals surface area contributed by atoms with Crippen molar-refractivity contribution in [3.8, 4) is 0 Å². The van der Waals surface area contributed by atoms with Crippen LogP contribution in [0.1, 0.15) is 45.6 Å². The predicted molar refractivity (Wildman–Crippen MR) is 83.0 cm³/mol. The van der Waals surface area contributed by atoms with E-state index in [4.69, 9.17) is 5.73 Å². The van der Waals surface area contributed by atoms with Gasteiger partial charge in [-0.15, -0.1) is 11.3 Å². The van der Waals surface area contributed by atoms with Gasteiger partial charge in [0.1, 0.15) is 5.82 Å². The molecule has 0 aromatic carbocycles. The average molecular weight is 289 g/mol. The Morgan fingerprint density at radius 1 is 1.40 bits per heavy atom. The van der Waals surface area contributed by atoms with E-state index < -0.39 is 0 Å². The van der Waals surface area contributed by atoms with Crippen molar-refractivity contribution < 1.29 is 4.79 Å². The number of nitrogens with zero attached hydrogens (tertiary/aromatic N) is 1. The average Bonchev–Trinajstić information content (AvgIpc) is 2.81. The standard InChI is InChI=1S/C15H19N3OS/c1-9(2)13-6-11(7-14(16)18-13)15(19)17-8-12-5-4-10(3)20-12/h4-7,9H,8H2,1-3H3,(H2,16,18)(H,17,19). The minimum atomic E-state index is -0.118. The first kappa shape index (κ1) is 14.5. The molecule has 2 aromatic rings. The quantitative estimate of drug-likeness (QED) is 0.909. The Balaban J connectivity index is 2.09. The number of aryl methyl sites for hydroxylation is 1. The van der Waals surface area contributed by atoms with Crippen LogP contribution in [0.5, 0.6) is 0 Å². The summed E-state index contributed by atoms with van der Waals surface area (Å²) in [6.07, 6.45) is 0. The molecule has 0 radical (unpaired) electrons. The fourth-order valence-electron chi connectivity index (χ4n) is 1.85. The van der Waals surface area contributed by atoms with Gasteiger partial charge in [-0.2, -0.15) is 0 Å². The summed E-state index contributed by atoms with van der Waals surface area (Å²) >= 11 is 1.68. The number of hydrogen-bond acceptors (Lipinski definition) is 4. The Bertz CT molecular complexity index is 619. The minimum Gasteiger partial charge on any atom is -0.384 e. The topological polar surface area (TPSA) is 68.0 Å². The monoisotopic (exact) mass is 289 g/mol. The summed E-state index contributed by atoms with van der Waals surface area (Å²) in [4.78, 5) is 18.8. The Kier molecular flexibility index (Phi) is 4.39. The van der Waals surface area contributed by atoms with Gasteiger partial charge in [0.2, 0.25) is 0 Å². The van der Waals surface area contributed by atoms with Crippen molar-refractivity contribution in [1.82, 2.24) is 10.3 Å². The number of aromatic nitrogens is 1. The van der Waals surface area contributed by atoms with Crippen LogP contribution >= 0.6 is 11.3 Å². The summed E-state index contributed by atoms with van der Waals surface area (Å²) in [6.45, 7) is 6.64. The number of nitrogens with two attached hydrogens (primary N) is 1. The van der Waals surface area contributed by atoms with Crippen LogP contribution in [0.25, 0.3) is 0 Å². The van der Waals surface area contributed by atoms with E-state index in [1.807, 2.05) is 26.0 Å². The van der Waals surface area contributed by atoms with Crippen LogP contribution in [0.2, 0.25) is 0 Å². The van der Waals surface area contributed by atoms with E-state index >= 15 is 0 Å². The second-order valence-corrected chi connectivity index (χ2v) is 6.43. The summed E-state index contributed by atoms with van der Waals surface area (Å²) in [7, 11) is 0. The van der Waals surface area contributed by atoms with Gasteiger partial charge in [0.25, 0.3) is 5.91 Å². The van der Waals surface area contributed by atoms with Gasteiger partial charge >= 0.3 is 0 Å². The van der Waals surface area contributed by atoms with Crippen molar-refractivity contribution in [2.24, 2.45) is 0 Å². The molecular weight excluding hydrogens is 270 g/mol. The van der Waals surface area contributed by atoms with Crippen LogP contribution < -0.4 is 11.1 Å². The lowest BCUT2D eigenvalue weighted by molar-refractivity contribution is 0.0951. The zero-order valence-electron chi connectivity index (χ0n) is 11.9. The summed E-state index contributed by atoms with van der Waals surface area (Å²) in [5.41, 5.74) is 7.16. The van der Waals surface area contributed by atoms with Gasteiger partial charge in [-0.05, 0) is 37.1 Å². The second kappa shape index (κ2) is 6.05. The smallest absolute Gasteiger partial charge is 0.251 e. The summed E-state index contributed by atoms with van der Waals surface area (Å²) in [5, 5.41) is 2.91. The first-order valence-corrected chi connectivity index (χ1v) is 7.38. The highest BCUT2D eigenvalue weighted by molar-refractivity contribution is 7.11. The lowest BCUT2D eigenvalue weighted by atomic mass is 10.1. The Morgan fingerprint density at radius 3 is 2.75 bits per heavy atom. The summed E-state index contributed by atoms with van der Waals surface area (Å²) in [6, 6.07) is 7.49. The molecule has 1 amide bonds. The largest absolute Gasteiger partial charge is 0.384 e. The molecule has 4 nitrogen and oxygen atoms in total. The van der Waals surface area contributed by atoms with E-state index in [1.54, 1.807) is 23.5 Å². The van der Waals surface area contributed by atoms with Gasteiger partial charge in [0, 0.05) is 21.0 Å². The van der Waals surface area contributed by atoms with E-state index in [0.29, 0.717) is 17.9 Å². The van der Waals surface area contributed by atoms with Crippen molar-refractivity contribution in [2.45, 2.75) is 33.2 Å². The van der Waals surface area contributed by atoms with Gasteiger partial charge in [-0.1, -0.05) is 13.8 Å².